The van der Waals surface area contributed by atoms with Crippen LogP contribution < -0.4 is 5.73 Å². The third-order valence-corrected chi connectivity index (χ3v) is 3.24. The number of nitrogens with zero attached hydrogens (tertiary/aromatic N) is 1. The van der Waals surface area contributed by atoms with Crippen LogP contribution in [0.25, 0.3) is 6.08 Å². The van der Waals surface area contributed by atoms with Crippen LogP contribution in [0.5, 0.6) is 0 Å². The van der Waals surface area contributed by atoms with E-state index >= 15 is 0 Å². The Balaban J connectivity index is 1.97. The van der Waals surface area contributed by atoms with E-state index in [-0.39, 0.29) is 12.5 Å². The predicted molar refractivity (Wildman–Crippen MR) is 76.0 cm³/mol. The molecule has 1 heterocycles. The minimum absolute atomic E-state index is 0.172. The van der Waals surface area contributed by atoms with Crippen molar-refractivity contribution in [2.24, 2.45) is 5.73 Å². The Labute approximate surface area is 121 Å². The number of carbonyl (C=O) groups is 2. The van der Waals surface area contributed by atoms with E-state index in [1.165, 1.54) is 6.08 Å². The van der Waals surface area contributed by atoms with Gasteiger partial charge in [-0.2, -0.15) is 0 Å². The molecule has 5 nitrogen and oxygen atoms in total. The quantitative estimate of drug-likeness (QED) is 0.848. The maximum absolute atomic E-state index is 12.0. The van der Waals surface area contributed by atoms with Crippen LogP contribution in [0.15, 0.2) is 30.3 Å². The predicted octanol–water partition coefficient (Wildman–Crippen LogP) is 1.07. The molecular weight excluding hydrogens is 280 g/mol. The number of rotatable bonds is 3. The summed E-state index contributed by atoms with van der Waals surface area (Å²) in [5.41, 5.74) is 6.05. The summed E-state index contributed by atoms with van der Waals surface area (Å²) in [4.78, 5) is 24.6. The van der Waals surface area contributed by atoms with Gasteiger partial charge in [0.05, 0.1) is 13.2 Å². The van der Waals surface area contributed by atoms with Gasteiger partial charge >= 0.3 is 0 Å². The van der Waals surface area contributed by atoms with E-state index in [4.69, 9.17) is 22.1 Å². The summed E-state index contributed by atoms with van der Waals surface area (Å²) in [7, 11) is 0. The second-order valence-electron chi connectivity index (χ2n) is 4.43. The molecule has 1 aromatic carbocycles. The number of carbonyl (C=O) groups excluding carboxylic acids is 2. The fraction of sp³-hybridized carbons (Fsp3) is 0.286. The van der Waals surface area contributed by atoms with Crippen molar-refractivity contribution in [3.05, 3.63) is 40.9 Å². The standard InChI is InChI=1S/C14H15ClN2O3/c15-11-4-1-10(2-5-11)3-6-13(18)17-7-8-20-12(9-17)14(16)19/h1-6,12H,7-9H2,(H2,16,19). The van der Waals surface area contributed by atoms with Gasteiger partial charge in [0.15, 0.2) is 6.10 Å². The van der Waals surface area contributed by atoms with E-state index in [0.717, 1.165) is 5.56 Å². The van der Waals surface area contributed by atoms with Gasteiger partial charge in [-0.1, -0.05) is 23.7 Å². The lowest BCUT2D eigenvalue weighted by atomic mass is 10.2. The molecule has 1 atom stereocenters. The molecule has 2 amide bonds. The Kier molecular flexibility index (Phi) is 4.76. The normalized spacial score (nSPS) is 19.2. The number of hydrogen-bond acceptors (Lipinski definition) is 3. The third kappa shape index (κ3) is 3.82. The summed E-state index contributed by atoms with van der Waals surface area (Å²) in [6.07, 6.45) is 2.44. The lowest BCUT2D eigenvalue weighted by Gasteiger charge is -2.30. The molecule has 1 fully saturated rings. The van der Waals surface area contributed by atoms with Crippen molar-refractivity contribution in [3.63, 3.8) is 0 Å². The summed E-state index contributed by atoms with van der Waals surface area (Å²) in [5, 5.41) is 0.644. The first-order valence-corrected chi connectivity index (χ1v) is 6.57. The Bertz CT molecular complexity index is 528. The molecule has 1 unspecified atom stereocenters. The van der Waals surface area contributed by atoms with Crippen molar-refractivity contribution in [2.45, 2.75) is 6.10 Å². The van der Waals surface area contributed by atoms with Crippen LogP contribution in [0, 0.1) is 0 Å². The van der Waals surface area contributed by atoms with E-state index in [0.29, 0.717) is 18.2 Å². The lowest BCUT2D eigenvalue weighted by molar-refractivity contribution is -0.142. The summed E-state index contributed by atoms with van der Waals surface area (Å²) in [6.45, 7) is 0.959. The second kappa shape index (κ2) is 6.54. The molecule has 20 heavy (non-hydrogen) atoms. The zero-order valence-corrected chi connectivity index (χ0v) is 11.5. The van der Waals surface area contributed by atoms with Crippen LogP contribution in [0.4, 0.5) is 0 Å². The maximum Gasteiger partial charge on any atom is 0.248 e. The van der Waals surface area contributed by atoms with Gasteiger partial charge in [-0.05, 0) is 23.8 Å². The largest absolute Gasteiger partial charge is 0.367 e. The first-order chi connectivity index (χ1) is 9.56. The molecule has 1 aromatic rings. The summed E-state index contributed by atoms with van der Waals surface area (Å²) in [5.74, 6) is -0.723. The van der Waals surface area contributed by atoms with Crippen molar-refractivity contribution < 1.29 is 14.3 Å². The smallest absolute Gasteiger partial charge is 0.248 e. The highest BCUT2D eigenvalue weighted by Gasteiger charge is 2.26. The maximum atomic E-state index is 12.0. The van der Waals surface area contributed by atoms with Gasteiger partial charge in [0.2, 0.25) is 11.8 Å². The third-order valence-electron chi connectivity index (χ3n) is 2.98. The molecule has 0 radical (unpaired) electrons. The Morgan fingerprint density at radius 1 is 1.35 bits per heavy atom. The molecule has 0 bridgehead atoms. The second-order valence-corrected chi connectivity index (χ2v) is 4.87. The van der Waals surface area contributed by atoms with E-state index in [2.05, 4.69) is 0 Å². The average molecular weight is 295 g/mol. The number of halogens is 1. The molecular formula is C14H15ClN2O3. The van der Waals surface area contributed by atoms with Gasteiger partial charge in [-0.25, -0.2) is 0 Å². The number of ether oxygens (including phenoxy) is 1. The van der Waals surface area contributed by atoms with Crippen molar-refractivity contribution in [3.8, 4) is 0 Å². The van der Waals surface area contributed by atoms with E-state index in [1.807, 2.05) is 12.1 Å². The van der Waals surface area contributed by atoms with Gasteiger partial charge in [-0.3, -0.25) is 9.59 Å². The zero-order valence-electron chi connectivity index (χ0n) is 10.8. The van der Waals surface area contributed by atoms with Crippen molar-refractivity contribution in [2.75, 3.05) is 19.7 Å². The molecule has 2 N–H and O–H groups in total. The molecule has 6 heteroatoms. The van der Waals surface area contributed by atoms with Gasteiger partial charge in [0.1, 0.15) is 0 Å². The Morgan fingerprint density at radius 2 is 2.05 bits per heavy atom. The monoisotopic (exact) mass is 294 g/mol. The Morgan fingerprint density at radius 3 is 2.70 bits per heavy atom. The molecule has 2 rings (SSSR count). The molecule has 106 valence electrons. The Hall–Kier alpha value is -1.85. The number of benzene rings is 1. The van der Waals surface area contributed by atoms with Gasteiger partial charge in [0.25, 0.3) is 0 Å². The van der Waals surface area contributed by atoms with Crippen molar-refractivity contribution in [1.29, 1.82) is 0 Å². The average Bonchev–Trinajstić information content (AvgIpc) is 2.46. The molecule has 1 aliphatic heterocycles. The fourth-order valence-corrected chi connectivity index (χ4v) is 1.99. The number of primary amides is 1. The van der Waals surface area contributed by atoms with E-state index in [1.54, 1.807) is 23.1 Å². The van der Waals surface area contributed by atoms with Crippen LogP contribution in [-0.2, 0) is 14.3 Å². The molecule has 0 spiro atoms. The van der Waals surface area contributed by atoms with E-state index in [9.17, 15) is 9.59 Å². The first-order valence-electron chi connectivity index (χ1n) is 6.20. The number of nitrogens with two attached hydrogens (primary N) is 1. The number of morpholine rings is 1. The fourth-order valence-electron chi connectivity index (χ4n) is 1.87. The minimum atomic E-state index is -0.725. The summed E-state index contributed by atoms with van der Waals surface area (Å²) >= 11 is 5.78. The van der Waals surface area contributed by atoms with Gasteiger partial charge in [0, 0.05) is 17.6 Å². The molecule has 1 saturated heterocycles. The molecule has 1 aliphatic rings. The minimum Gasteiger partial charge on any atom is -0.367 e. The zero-order chi connectivity index (χ0) is 14.5. The molecule has 0 saturated carbocycles. The van der Waals surface area contributed by atoms with Gasteiger partial charge in [-0.15, -0.1) is 0 Å². The first kappa shape index (κ1) is 14.6. The lowest BCUT2D eigenvalue weighted by Crippen LogP contribution is -2.50. The van der Waals surface area contributed by atoms with Crippen LogP contribution in [0.1, 0.15) is 5.56 Å². The van der Waals surface area contributed by atoms with Crippen LogP contribution in [-0.4, -0.2) is 42.5 Å². The van der Waals surface area contributed by atoms with Gasteiger partial charge < -0.3 is 15.4 Å². The summed E-state index contributed by atoms with van der Waals surface area (Å²) < 4.78 is 5.19. The van der Waals surface area contributed by atoms with Crippen LogP contribution in [0.3, 0.4) is 0 Å². The highest BCUT2D eigenvalue weighted by Crippen LogP contribution is 2.11. The SMILES string of the molecule is NC(=O)C1CN(C(=O)C=Cc2ccc(Cl)cc2)CCO1. The van der Waals surface area contributed by atoms with E-state index < -0.39 is 12.0 Å². The topological polar surface area (TPSA) is 72.6 Å². The molecule has 0 aliphatic carbocycles. The highest BCUT2D eigenvalue weighted by atomic mass is 35.5. The molecule has 0 aromatic heterocycles. The van der Waals surface area contributed by atoms with Crippen molar-refractivity contribution in [1.82, 2.24) is 4.90 Å². The number of amides is 2. The van der Waals surface area contributed by atoms with Crippen molar-refractivity contribution >= 4 is 29.5 Å². The van der Waals surface area contributed by atoms with Crippen LogP contribution >= 0.6 is 11.6 Å². The van der Waals surface area contributed by atoms with Crippen LogP contribution in [0.2, 0.25) is 5.02 Å². The summed E-state index contributed by atoms with van der Waals surface area (Å²) in [6, 6.07) is 7.14. The number of hydrogen-bond donors (Lipinski definition) is 1. The highest BCUT2D eigenvalue weighted by molar-refractivity contribution is 6.30.